The van der Waals surface area contributed by atoms with Gasteiger partial charge in [0.25, 0.3) is 0 Å². The van der Waals surface area contributed by atoms with Gasteiger partial charge in [-0.05, 0) is 50.6 Å². The zero-order valence-corrected chi connectivity index (χ0v) is 11.7. The first-order valence-corrected chi connectivity index (χ1v) is 7.13. The van der Waals surface area contributed by atoms with E-state index in [-0.39, 0.29) is 11.9 Å². The van der Waals surface area contributed by atoms with Crippen molar-refractivity contribution >= 4 is 0 Å². The number of benzene rings is 1. The number of hydrogen-bond acceptors (Lipinski definition) is 1. The van der Waals surface area contributed by atoms with Crippen LogP contribution in [0.15, 0.2) is 18.2 Å². The summed E-state index contributed by atoms with van der Waals surface area (Å²) in [7, 11) is 0. The summed E-state index contributed by atoms with van der Waals surface area (Å²) in [5.41, 5.74) is 1.99. The maximum atomic E-state index is 14.1. The Morgan fingerprint density at radius 2 is 2.11 bits per heavy atom. The van der Waals surface area contributed by atoms with Gasteiger partial charge in [0.2, 0.25) is 0 Å². The summed E-state index contributed by atoms with van der Waals surface area (Å²) in [6, 6.07) is 5.61. The van der Waals surface area contributed by atoms with Crippen molar-refractivity contribution in [1.29, 1.82) is 0 Å². The Kier molecular flexibility index (Phi) is 4.39. The molecule has 1 aliphatic rings. The summed E-state index contributed by atoms with van der Waals surface area (Å²) in [5, 5.41) is 3.53. The summed E-state index contributed by atoms with van der Waals surface area (Å²) in [6.07, 6.45) is 3.69. The van der Waals surface area contributed by atoms with Crippen LogP contribution in [0.4, 0.5) is 4.39 Å². The predicted octanol–water partition coefficient (Wildman–Crippen LogP) is 4.22. The molecule has 1 aromatic rings. The van der Waals surface area contributed by atoms with Crippen LogP contribution in [0.5, 0.6) is 0 Å². The van der Waals surface area contributed by atoms with Gasteiger partial charge in [-0.1, -0.05) is 31.5 Å². The van der Waals surface area contributed by atoms with Crippen molar-refractivity contribution in [2.45, 2.75) is 46.1 Å². The van der Waals surface area contributed by atoms with E-state index in [1.54, 1.807) is 6.07 Å². The third-order valence-electron chi connectivity index (χ3n) is 3.99. The molecule has 1 nitrogen and oxygen atoms in total. The molecule has 2 atom stereocenters. The summed E-state index contributed by atoms with van der Waals surface area (Å²) in [6.45, 7) is 7.39. The van der Waals surface area contributed by atoms with Gasteiger partial charge in [-0.2, -0.15) is 0 Å². The summed E-state index contributed by atoms with van der Waals surface area (Å²) < 4.78 is 14.1. The van der Waals surface area contributed by atoms with Crippen molar-refractivity contribution in [2.24, 2.45) is 11.8 Å². The summed E-state index contributed by atoms with van der Waals surface area (Å²) >= 11 is 0. The molecule has 0 saturated heterocycles. The Morgan fingerprint density at radius 3 is 2.72 bits per heavy atom. The van der Waals surface area contributed by atoms with E-state index in [4.69, 9.17) is 0 Å². The van der Waals surface area contributed by atoms with Crippen LogP contribution in [-0.4, -0.2) is 6.54 Å². The molecule has 1 aromatic carbocycles. The molecule has 0 radical (unpaired) electrons. The maximum Gasteiger partial charge on any atom is 0.128 e. The SMILES string of the molecule is CCCNC(c1cc(C)ccc1F)C(C)C1CC1. The van der Waals surface area contributed by atoms with Crippen molar-refractivity contribution in [3.63, 3.8) is 0 Å². The first-order valence-electron chi connectivity index (χ1n) is 7.13. The number of halogens is 1. The Hall–Kier alpha value is -0.890. The van der Waals surface area contributed by atoms with Crippen LogP contribution in [0, 0.1) is 24.6 Å². The van der Waals surface area contributed by atoms with Gasteiger partial charge < -0.3 is 5.32 Å². The second-order valence-electron chi connectivity index (χ2n) is 5.65. The number of hydrogen-bond donors (Lipinski definition) is 1. The zero-order chi connectivity index (χ0) is 13.1. The molecule has 0 spiro atoms. The van der Waals surface area contributed by atoms with Crippen molar-refractivity contribution in [1.82, 2.24) is 5.32 Å². The molecule has 18 heavy (non-hydrogen) atoms. The zero-order valence-electron chi connectivity index (χ0n) is 11.7. The second-order valence-corrected chi connectivity index (χ2v) is 5.65. The molecule has 2 unspecified atom stereocenters. The standard InChI is InChI=1S/C16H24FN/c1-4-9-18-16(12(3)13-6-7-13)14-10-11(2)5-8-15(14)17/h5,8,10,12-13,16,18H,4,6-7,9H2,1-3H3. The lowest BCUT2D eigenvalue weighted by Crippen LogP contribution is -2.29. The lowest BCUT2D eigenvalue weighted by atomic mass is 9.89. The van der Waals surface area contributed by atoms with Crippen LogP contribution >= 0.6 is 0 Å². The third kappa shape index (κ3) is 3.11. The van der Waals surface area contributed by atoms with Crippen LogP contribution in [0.3, 0.4) is 0 Å². The van der Waals surface area contributed by atoms with E-state index >= 15 is 0 Å². The largest absolute Gasteiger partial charge is 0.310 e. The first-order chi connectivity index (χ1) is 8.63. The van der Waals surface area contributed by atoms with Gasteiger partial charge in [0.15, 0.2) is 0 Å². The minimum absolute atomic E-state index is 0.0679. The molecular formula is C16H24FN. The van der Waals surface area contributed by atoms with Gasteiger partial charge in [-0.15, -0.1) is 0 Å². The smallest absolute Gasteiger partial charge is 0.128 e. The van der Waals surface area contributed by atoms with Crippen LogP contribution in [0.2, 0.25) is 0 Å². The molecule has 0 bridgehead atoms. The molecular weight excluding hydrogens is 225 g/mol. The van der Waals surface area contributed by atoms with Gasteiger partial charge in [-0.25, -0.2) is 4.39 Å². The molecule has 0 amide bonds. The normalized spacial score (nSPS) is 18.7. The van der Waals surface area contributed by atoms with E-state index in [9.17, 15) is 4.39 Å². The highest BCUT2D eigenvalue weighted by Gasteiger charge is 2.34. The average Bonchev–Trinajstić information content (AvgIpc) is 3.17. The van der Waals surface area contributed by atoms with Crippen LogP contribution in [0.1, 0.15) is 50.3 Å². The predicted molar refractivity (Wildman–Crippen MR) is 74.1 cm³/mol. The van der Waals surface area contributed by atoms with Crippen molar-refractivity contribution in [3.05, 3.63) is 35.1 Å². The Labute approximate surface area is 110 Å². The Balaban J connectivity index is 2.22. The second kappa shape index (κ2) is 5.83. The molecule has 2 heteroatoms. The van der Waals surface area contributed by atoms with E-state index in [0.717, 1.165) is 30.0 Å². The fraction of sp³-hybridized carbons (Fsp3) is 0.625. The van der Waals surface area contributed by atoms with Crippen LogP contribution in [0.25, 0.3) is 0 Å². The number of rotatable bonds is 6. The minimum Gasteiger partial charge on any atom is -0.310 e. The number of aryl methyl sites for hydroxylation is 1. The van der Waals surface area contributed by atoms with Gasteiger partial charge in [0.1, 0.15) is 5.82 Å². The molecule has 1 aliphatic carbocycles. The lowest BCUT2D eigenvalue weighted by Gasteiger charge is -2.26. The van der Waals surface area contributed by atoms with Gasteiger partial charge >= 0.3 is 0 Å². The third-order valence-corrected chi connectivity index (χ3v) is 3.99. The minimum atomic E-state index is -0.0679. The quantitative estimate of drug-likeness (QED) is 0.796. The van der Waals surface area contributed by atoms with Crippen molar-refractivity contribution < 1.29 is 4.39 Å². The Bertz CT molecular complexity index is 398. The van der Waals surface area contributed by atoms with E-state index in [2.05, 4.69) is 19.2 Å². The molecule has 1 N–H and O–H groups in total. The highest BCUT2D eigenvalue weighted by molar-refractivity contribution is 5.27. The molecule has 0 heterocycles. The summed E-state index contributed by atoms with van der Waals surface area (Å²) in [5.74, 6) is 1.23. The molecule has 100 valence electrons. The molecule has 0 aliphatic heterocycles. The topological polar surface area (TPSA) is 12.0 Å². The fourth-order valence-electron chi connectivity index (χ4n) is 2.67. The van der Waals surface area contributed by atoms with Gasteiger partial charge in [-0.3, -0.25) is 0 Å². The fourth-order valence-corrected chi connectivity index (χ4v) is 2.67. The highest BCUT2D eigenvalue weighted by atomic mass is 19.1. The van der Waals surface area contributed by atoms with E-state index in [1.165, 1.54) is 12.8 Å². The maximum absolute atomic E-state index is 14.1. The molecule has 0 aromatic heterocycles. The van der Waals surface area contributed by atoms with E-state index < -0.39 is 0 Å². The van der Waals surface area contributed by atoms with Crippen LogP contribution < -0.4 is 5.32 Å². The van der Waals surface area contributed by atoms with Crippen LogP contribution in [-0.2, 0) is 0 Å². The van der Waals surface area contributed by atoms with Crippen molar-refractivity contribution in [2.75, 3.05) is 6.54 Å². The first kappa shape index (κ1) is 13.5. The van der Waals surface area contributed by atoms with Gasteiger partial charge in [0, 0.05) is 11.6 Å². The number of nitrogens with one attached hydrogen (secondary N) is 1. The summed E-state index contributed by atoms with van der Waals surface area (Å²) in [4.78, 5) is 0. The monoisotopic (exact) mass is 249 g/mol. The van der Waals surface area contributed by atoms with E-state index in [1.807, 2.05) is 19.1 Å². The molecule has 1 fully saturated rings. The lowest BCUT2D eigenvalue weighted by molar-refractivity contribution is 0.340. The highest BCUT2D eigenvalue weighted by Crippen LogP contribution is 2.43. The molecule has 2 rings (SSSR count). The van der Waals surface area contributed by atoms with Crippen molar-refractivity contribution in [3.8, 4) is 0 Å². The molecule has 1 saturated carbocycles. The average molecular weight is 249 g/mol. The van der Waals surface area contributed by atoms with E-state index in [0.29, 0.717) is 5.92 Å². The van der Waals surface area contributed by atoms with Gasteiger partial charge in [0.05, 0.1) is 0 Å². The Morgan fingerprint density at radius 1 is 1.39 bits per heavy atom.